The van der Waals surface area contributed by atoms with Crippen molar-refractivity contribution in [3.63, 3.8) is 0 Å². The fourth-order valence-corrected chi connectivity index (χ4v) is 3.05. The molecule has 0 unspecified atom stereocenters. The summed E-state index contributed by atoms with van der Waals surface area (Å²) < 4.78 is 64.2. The molecule has 0 aliphatic carbocycles. The summed E-state index contributed by atoms with van der Waals surface area (Å²) in [7, 11) is -4.57. The van der Waals surface area contributed by atoms with E-state index in [-0.39, 0.29) is 0 Å². The molecule has 0 heterocycles. The average molecular weight is 370 g/mol. The first-order chi connectivity index (χ1) is 10.9. The van der Waals surface area contributed by atoms with E-state index in [0.29, 0.717) is 0 Å². The van der Waals surface area contributed by atoms with Crippen LogP contribution in [0, 0.1) is 16.0 Å². The first kappa shape index (κ1) is 19.8. The van der Waals surface area contributed by atoms with Gasteiger partial charge in [0.1, 0.15) is 0 Å². The smallest absolute Gasteiger partial charge is 0.393 e. The van der Waals surface area contributed by atoms with Crippen LogP contribution in [-0.4, -0.2) is 37.1 Å². The second kappa shape index (κ2) is 7.57. The molecule has 0 radical (unpaired) electrons. The summed E-state index contributed by atoms with van der Waals surface area (Å²) in [6, 6.07) is 4.19. The predicted octanol–water partition coefficient (Wildman–Crippen LogP) is 1.92. The van der Waals surface area contributed by atoms with Gasteiger partial charge in [0, 0.05) is 19.0 Å². The summed E-state index contributed by atoms with van der Waals surface area (Å²) >= 11 is 0. The number of aliphatic carboxylic acids is 1. The van der Waals surface area contributed by atoms with Crippen molar-refractivity contribution in [1.29, 1.82) is 0 Å². The molecule has 134 valence electrons. The van der Waals surface area contributed by atoms with Gasteiger partial charge in [0.05, 0.1) is 10.8 Å². The number of carbonyl (C=O) groups is 1. The molecule has 0 saturated heterocycles. The van der Waals surface area contributed by atoms with E-state index in [9.17, 15) is 36.5 Å². The minimum Gasteiger partial charge on any atom is -0.481 e. The van der Waals surface area contributed by atoms with Crippen molar-refractivity contribution in [2.75, 3.05) is 6.54 Å². The third kappa shape index (κ3) is 5.45. The third-order valence-electron chi connectivity index (χ3n) is 3.04. The number of sulfonamides is 1. The van der Waals surface area contributed by atoms with Gasteiger partial charge >= 0.3 is 12.1 Å². The van der Waals surface area contributed by atoms with Crippen LogP contribution >= 0.6 is 0 Å². The molecule has 12 heteroatoms. The zero-order valence-corrected chi connectivity index (χ0v) is 12.8. The first-order valence-corrected chi connectivity index (χ1v) is 7.95. The highest BCUT2D eigenvalue weighted by Crippen LogP contribution is 2.30. The maximum absolute atomic E-state index is 12.8. The summed E-state index contributed by atoms with van der Waals surface area (Å²) in [5, 5.41) is 19.3. The Kier molecular flexibility index (Phi) is 6.26. The molecule has 24 heavy (non-hydrogen) atoms. The SMILES string of the molecule is O=C(O)CC[C@H](CNS(=O)(=O)c1ccccc1[N+](=O)[O-])C(F)(F)F. The Morgan fingerprint density at radius 3 is 2.42 bits per heavy atom. The molecular weight excluding hydrogens is 357 g/mol. The number of para-hydroxylation sites is 1. The molecule has 2 N–H and O–H groups in total. The molecule has 1 rings (SSSR count). The van der Waals surface area contributed by atoms with E-state index in [4.69, 9.17) is 5.11 Å². The van der Waals surface area contributed by atoms with Gasteiger partial charge in [-0.15, -0.1) is 0 Å². The Morgan fingerprint density at radius 1 is 1.33 bits per heavy atom. The first-order valence-electron chi connectivity index (χ1n) is 6.46. The summed E-state index contributed by atoms with van der Waals surface area (Å²) in [6.45, 7) is -1.12. The van der Waals surface area contributed by atoms with Gasteiger partial charge in [-0.3, -0.25) is 14.9 Å². The average Bonchev–Trinajstić information content (AvgIpc) is 2.45. The van der Waals surface area contributed by atoms with Crippen molar-refractivity contribution in [3.8, 4) is 0 Å². The summed E-state index contributed by atoms with van der Waals surface area (Å²) in [5.74, 6) is -3.68. The molecule has 0 aliphatic heterocycles. The normalized spacial score (nSPS) is 13.5. The lowest BCUT2D eigenvalue weighted by molar-refractivity contribution is -0.387. The van der Waals surface area contributed by atoms with Gasteiger partial charge in [0.25, 0.3) is 5.69 Å². The summed E-state index contributed by atoms with van der Waals surface area (Å²) in [6.07, 6.45) is -6.43. The standard InChI is InChI=1S/C12H13F3N2O6S/c13-12(14,15)8(5-6-11(18)19)7-16-24(22,23)10-4-2-1-3-9(10)17(20)21/h1-4,8,16H,5-7H2,(H,18,19)/t8-/m1/s1. The number of carboxylic acid groups (broad SMARTS) is 1. The Balaban J connectivity index is 2.97. The fourth-order valence-electron chi connectivity index (χ4n) is 1.80. The van der Waals surface area contributed by atoms with E-state index in [0.717, 1.165) is 12.1 Å². The van der Waals surface area contributed by atoms with Crippen molar-refractivity contribution in [2.45, 2.75) is 23.9 Å². The molecule has 1 aromatic carbocycles. The van der Waals surface area contributed by atoms with Crippen LogP contribution in [0.5, 0.6) is 0 Å². The van der Waals surface area contributed by atoms with Gasteiger partial charge in [-0.1, -0.05) is 12.1 Å². The third-order valence-corrected chi connectivity index (χ3v) is 4.51. The molecule has 0 amide bonds. The second-order valence-corrected chi connectivity index (χ2v) is 6.48. The zero-order chi connectivity index (χ0) is 18.5. The number of carboxylic acids is 1. The number of rotatable bonds is 8. The van der Waals surface area contributed by atoms with Crippen molar-refractivity contribution < 1.29 is 36.4 Å². The van der Waals surface area contributed by atoms with Gasteiger partial charge in [0.2, 0.25) is 10.0 Å². The monoisotopic (exact) mass is 370 g/mol. The minimum absolute atomic E-state index is 0.769. The number of halogens is 3. The number of nitrogens with one attached hydrogen (secondary N) is 1. The molecule has 0 saturated carbocycles. The lowest BCUT2D eigenvalue weighted by atomic mass is 10.0. The molecule has 0 aliphatic rings. The van der Waals surface area contributed by atoms with Gasteiger partial charge in [-0.05, 0) is 12.5 Å². The molecule has 1 aromatic rings. The topological polar surface area (TPSA) is 127 Å². The maximum Gasteiger partial charge on any atom is 0.393 e. The van der Waals surface area contributed by atoms with Crippen LogP contribution in [0.15, 0.2) is 29.2 Å². The predicted molar refractivity (Wildman–Crippen MR) is 74.7 cm³/mol. The van der Waals surface area contributed by atoms with Crippen LogP contribution in [0.2, 0.25) is 0 Å². The van der Waals surface area contributed by atoms with Gasteiger partial charge in [0.15, 0.2) is 4.90 Å². The van der Waals surface area contributed by atoms with Crippen LogP contribution < -0.4 is 4.72 Å². The zero-order valence-electron chi connectivity index (χ0n) is 12.0. The van der Waals surface area contributed by atoms with Crippen LogP contribution in [0.1, 0.15) is 12.8 Å². The van der Waals surface area contributed by atoms with Crippen LogP contribution in [0.25, 0.3) is 0 Å². The second-order valence-electron chi connectivity index (χ2n) is 4.75. The van der Waals surface area contributed by atoms with Gasteiger partial charge < -0.3 is 5.11 Å². The molecule has 8 nitrogen and oxygen atoms in total. The number of alkyl halides is 3. The van der Waals surface area contributed by atoms with E-state index in [1.165, 1.54) is 12.1 Å². The molecular formula is C12H13F3N2O6S. The van der Waals surface area contributed by atoms with Crippen molar-refractivity contribution >= 4 is 21.7 Å². The Labute approximate surface area is 134 Å². The molecule has 0 spiro atoms. The van der Waals surface area contributed by atoms with Crippen LogP contribution in [0.3, 0.4) is 0 Å². The Bertz CT molecular complexity index is 720. The number of nitro benzene ring substituents is 1. The maximum atomic E-state index is 12.8. The minimum atomic E-state index is -4.82. The highest BCUT2D eigenvalue weighted by molar-refractivity contribution is 7.89. The van der Waals surface area contributed by atoms with Crippen LogP contribution in [-0.2, 0) is 14.8 Å². The molecule has 0 fully saturated rings. The van der Waals surface area contributed by atoms with Gasteiger partial charge in [-0.2, -0.15) is 13.2 Å². The summed E-state index contributed by atoms with van der Waals surface area (Å²) in [5.41, 5.74) is -0.779. The number of hydrogen-bond acceptors (Lipinski definition) is 5. The Morgan fingerprint density at radius 2 is 1.92 bits per heavy atom. The van der Waals surface area contributed by atoms with E-state index in [2.05, 4.69) is 0 Å². The number of benzene rings is 1. The highest BCUT2D eigenvalue weighted by atomic mass is 32.2. The van der Waals surface area contributed by atoms with E-state index < -0.39 is 63.0 Å². The summed E-state index contributed by atoms with van der Waals surface area (Å²) in [4.78, 5) is 19.5. The lowest BCUT2D eigenvalue weighted by Crippen LogP contribution is -2.37. The van der Waals surface area contributed by atoms with E-state index >= 15 is 0 Å². The largest absolute Gasteiger partial charge is 0.481 e. The lowest BCUT2D eigenvalue weighted by Gasteiger charge is -2.20. The van der Waals surface area contributed by atoms with Crippen molar-refractivity contribution in [3.05, 3.63) is 34.4 Å². The highest BCUT2D eigenvalue weighted by Gasteiger charge is 2.40. The molecule has 0 aromatic heterocycles. The van der Waals surface area contributed by atoms with E-state index in [1.54, 1.807) is 4.72 Å². The number of nitro groups is 1. The number of hydrogen-bond donors (Lipinski definition) is 2. The number of nitrogens with zero attached hydrogens (tertiary/aromatic N) is 1. The molecule has 1 atom stereocenters. The van der Waals surface area contributed by atoms with Crippen LogP contribution in [0.4, 0.5) is 18.9 Å². The van der Waals surface area contributed by atoms with Crippen molar-refractivity contribution in [1.82, 2.24) is 4.72 Å². The molecule has 0 bridgehead atoms. The fraction of sp³-hybridized carbons (Fsp3) is 0.417. The van der Waals surface area contributed by atoms with Gasteiger partial charge in [-0.25, -0.2) is 13.1 Å². The Hall–Kier alpha value is -2.21. The van der Waals surface area contributed by atoms with E-state index in [1.807, 2.05) is 0 Å². The quantitative estimate of drug-likeness (QED) is 0.532. The van der Waals surface area contributed by atoms with Crippen molar-refractivity contribution in [2.24, 2.45) is 5.92 Å².